The van der Waals surface area contributed by atoms with Gasteiger partial charge < -0.3 is 5.32 Å². The Hall–Kier alpha value is -1.74. The van der Waals surface area contributed by atoms with Crippen molar-refractivity contribution < 1.29 is 8.28 Å². The minimum atomic E-state index is -0.467. The van der Waals surface area contributed by atoms with Gasteiger partial charge in [0.2, 0.25) is 0 Å². The summed E-state index contributed by atoms with van der Waals surface area (Å²) in [7, 11) is 0. The number of benzene rings is 2. The number of aryl methyl sites for hydroxylation is 1. The van der Waals surface area contributed by atoms with E-state index in [2.05, 4.69) is 44.0 Å². The maximum atomic E-state index is 15.0. The zero-order chi connectivity index (χ0) is 27.2. The van der Waals surface area contributed by atoms with Gasteiger partial charge in [0, 0.05) is 27.2 Å². The molecule has 1 saturated carbocycles. The number of nitrogens with one attached hydrogen (secondary N) is 1. The Labute approximate surface area is 237 Å². The van der Waals surface area contributed by atoms with Crippen LogP contribution in [0.15, 0.2) is 58.8 Å². The monoisotopic (exact) mass is 557 g/mol. The van der Waals surface area contributed by atoms with Gasteiger partial charge in [-0.15, -0.1) is 5.73 Å². The van der Waals surface area contributed by atoms with E-state index in [0.29, 0.717) is 23.1 Å². The van der Waals surface area contributed by atoms with Crippen molar-refractivity contribution in [1.82, 2.24) is 0 Å². The van der Waals surface area contributed by atoms with E-state index >= 15 is 0 Å². The number of anilines is 1. The molecule has 2 aromatic carbocycles. The maximum absolute atomic E-state index is 15.0. The summed E-state index contributed by atoms with van der Waals surface area (Å²) in [6.45, 7) is 6.17. The van der Waals surface area contributed by atoms with Crippen LogP contribution < -0.4 is 5.32 Å². The van der Waals surface area contributed by atoms with Crippen LogP contribution in [-0.2, 0) is 18.3 Å². The average molecular weight is 558 g/mol. The first-order chi connectivity index (χ1) is 18.4. The summed E-state index contributed by atoms with van der Waals surface area (Å²) >= 11 is 6.51. The van der Waals surface area contributed by atoms with Gasteiger partial charge in [-0.05, 0) is 109 Å². The second kappa shape index (κ2) is 13.1. The van der Waals surface area contributed by atoms with Crippen LogP contribution in [0.2, 0.25) is 5.02 Å². The molecule has 4 rings (SSSR count). The molecule has 1 spiro atoms. The maximum Gasteiger partial charge on any atom is 0.0993 e. The standard InChI is InChI=1S/C33H42ClF2NS/c1-4-7-10-27-19-25-21-31(38-36)24(9-5-2)20-30(25)33(27)16-14-32(23-35,15-17-33)26(6-3)13-18-37-29-12-8-11-28(34)22-29/h8,11-12,18,20-22,27,37H,4-7,9-10,14-17,19,23H2,1-3H3. The number of allylic oxidation sites excluding steroid dienone is 1. The van der Waals surface area contributed by atoms with Crippen molar-refractivity contribution in [2.75, 3.05) is 12.0 Å². The fourth-order valence-corrected chi connectivity index (χ4v) is 7.77. The molecule has 0 heterocycles. The third-order valence-corrected chi connectivity index (χ3v) is 10.0. The van der Waals surface area contributed by atoms with E-state index in [9.17, 15) is 8.28 Å². The van der Waals surface area contributed by atoms with Gasteiger partial charge >= 0.3 is 0 Å². The van der Waals surface area contributed by atoms with E-state index < -0.39 is 5.41 Å². The van der Waals surface area contributed by atoms with Crippen LogP contribution in [0.5, 0.6) is 0 Å². The minimum Gasteiger partial charge on any atom is -0.355 e. The first-order valence-electron chi connectivity index (χ1n) is 14.4. The predicted molar refractivity (Wildman–Crippen MR) is 160 cm³/mol. The average Bonchev–Trinajstić information content (AvgIpc) is 3.22. The molecule has 0 aromatic heterocycles. The lowest BCUT2D eigenvalue weighted by molar-refractivity contribution is 0.0931. The molecule has 0 bridgehead atoms. The molecule has 1 fully saturated rings. The Kier molecular flexibility index (Phi) is 10.1. The van der Waals surface area contributed by atoms with Crippen molar-refractivity contribution in [2.24, 2.45) is 11.3 Å². The number of unbranched alkanes of at least 4 members (excludes halogenated alkanes) is 1. The largest absolute Gasteiger partial charge is 0.355 e. The molecule has 0 aliphatic heterocycles. The van der Waals surface area contributed by atoms with Crippen LogP contribution in [0, 0.1) is 11.3 Å². The number of rotatable bonds is 11. The van der Waals surface area contributed by atoms with Gasteiger partial charge in [-0.1, -0.05) is 63.8 Å². The van der Waals surface area contributed by atoms with E-state index in [0.717, 1.165) is 73.1 Å². The van der Waals surface area contributed by atoms with Crippen molar-refractivity contribution in [1.29, 1.82) is 0 Å². The molecule has 5 heteroatoms. The number of hydrogen-bond donors (Lipinski definition) is 1. The minimum absolute atomic E-state index is 0.0762. The molecule has 1 nitrogen and oxygen atoms in total. The number of alkyl halides is 1. The van der Waals surface area contributed by atoms with Crippen molar-refractivity contribution in [2.45, 2.75) is 102 Å². The second-order valence-corrected chi connectivity index (χ2v) is 12.4. The van der Waals surface area contributed by atoms with Crippen LogP contribution >= 0.6 is 23.7 Å². The van der Waals surface area contributed by atoms with Gasteiger partial charge in [0.05, 0.1) is 18.8 Å². The highest BCUT2D eigenvalue weighted by atomic mass is 35.5. The molecular weight excluding hydrogens is 516 g/mol. The molecule has 38 heavy (non-hydrogen) atoms. The molecule has 1 atom stereocenters. The van der Waals surface area contributed by atoms with Crippen molar-refractivity contribution in [3.05, 3.63) is 75.6 Å². The normalized spacial score (nSPS) is 24.2. The third-order valence-electron chi connectivity index (χ3n) is 9.24. The Morgan fingerprint density at radius 2 is 1.92 bits per heavy atom. The van der Waals surface area contributed by atoms with Gasteiger partial charge in [0.1, 0.15) is 0 Å². The van der Waals surface area contributed by atoms with E-state index in [1.54, 1.807) is 0 Å². The summed E-state index contributed by atoms with van der Waals surface area (Å²) in [4.78, 5) is 0.791. The lowest BCUT2D eigenvalue weighted by Crippen LogP contribution is -2.42. The van der Waals surface area contributed by atoms with E-state index in [1.165, 1.54) is 30.4 Å². The van der Waals surface area contributed by atoms with Gasteiger partial charge in [0.15, 0.2) is 0 Å². The SMILES string of the molecule is CCCCC1Cc2cc(SF)c(CCC)cc2C12CCC(CF)(C(=C=CNc1cccc(Cl)c1)CC)CC2. The summed E-state index contributed by atoms with van der Waals surface area (Å²) in [5.41, 5.74) is 8.91. The summed E-state index contributed by atoms with van der Waals surface area (Å²) in [5.74, 6) is 0.554. The molecule has 2 aromatic rings. The molecule has 0 radical (unpaired) electrons. The number of hydrogen-bond acceptors (Lipinski definition) is 2. The Bertz CT molecular complexity index is 1160. The lowest BCUT2D eigenvalue weighted by Gasteiger charge is -2.48. The van der Waals surface area contributed by atoms with Gasteiger partial charge in [-0.3, -0.25) is 4.39 Å². The zero-order valence-electron chi connectivity index (χ0n) is 23.1. The van der Waals surface area contributed by atoms with Crippen LogP contribution in [-0.4, -0.2) is 6.67 Å². The zero-order valence-corrected chi connectivity index (χ0v) is 24.7. The van der Waals surface area contributed by atoms with Crippen LogP contribution in [0.3, 0.4) is 0 Å². The fourth-order valence-electron chi connectivity index (χ4n) is 7.13. The Morgan fingerprint density at radius 1 is 1.13 bits per heavy atom. The topological polar surface area (TPSA) is 12.0 Å². The third kappa shape index (κ3) is 5.88. The lowest BCUT2D eigenvalue weighted by atomic mass is 9.56. The summed E-state index contributed by atoms with van der Waals surface area (Å²) in [6.07, 6.45) is 12.7. The van der Waals surface area contributed by atoms with Crippen molar-refractivity contribution in [3.63, 3.8) is 0 Å². The number of fused-ring (bicyclic) bond motifs is 2. The second-order valence-electron chi connectivity index (χ2n) is 11.3. The Morgan fingerprint density at radius 3 is 2.55 bits per heavy atom. The number of halogens is 3. The van der Waals surface area contributed by atoms with Gasteiger partial charge in [-0.2, -0.15) is 3.89 Å². The summed E-state index contributed by atoms with van der Waals surface area (Å²) in [5, 5.41) is 3.93. The van der Waals surface area contributed by atoms with Crippen LogP contribution in [0.25, 0.3) is 0 Å². The van der Waals surface area contributed by atoms with Crippen LogP contribution in [0.1, 0.15) is 95.2 Å². The molecule has 2 aliphatic carbocycles. The molecular formula is C33H42ClF2NS. The first kappa shape index (κ1) is 29.2. The van der Waals surface area contributed by atoms with Crippen molar-refractivity contribution in [3.8, 4) is 0 Å². The molecule has 206 valence electrons. The quantitative estimate of drug-likeness (QED) is 0.276. The summed E-state index contributed by atoms with van der Waals surface area (Å²) in [6, 6.07) is 12.0. The van der Waals surface area contributed by atoms with Crippen LogP contribution in [0.4, 0.5) is 14.0 Å². The molecule has 1 N–H and O–H groups in total. The predicted octanol–water partition coefficient (Wildman–Crippen LogP) is 11.0. The molecule has 0 saturated heterocycles. The van der Waals surface area contributed by atoms with Crippen molar-refractivity contribution >= 4 is 29.4 Å². The summed E-state index contributed by atoms with van der Waals surface area (Å²) < 4.78 is 28.8. The Balaban J connectivity index is 1.64. The molecule has 0 amide bonds. The first-order valence-corrected chi connectivity index (χ1v) is 15.5. The van der Waals surface area contributed by atoms with Gasteiger partial charge in [-0.25, -0.2) is 0 Å². The highest BCUT2D eigenvalue weighted by molar-refractivity contribution is 7.94. The van der Waals surface area contributed by atoms with E-state index in [4.69, 9.17) is 11.6 Å². The highest BCUT2D eigenvalue weighted by Gasteiger charge is 2.52. The van der Waals surface area contributed by atoms with E-state index in [-0.39, 0.29) is 12.1 Å². The van der Waals surface area contributed by atoms with E-state index in [1.807, 2.05) is 30.5 Å². The highest BCUT2D eigenvalue weighted by Crippen LogP contribution is 2.59. The fraction of sp³-hybridized carbons (Fsp3) is 0.545. The van der Waals surface area contributed by atoms with Gasteiger partial charge in [0.25, 0.3) is 0 Å². The smallest absolute Gasteiger partial charge is 0.0993 e. The molecule has 1 unspecified atom stereocenters. The molecule has 2 aliphatic rings.